The fraction of sp³-hybridized carbons (Fsp3) is 0.200. The van der Waals surface area contributed by atoms with Crippen LogP contribution in [0.4, 0.5) is 0 Å². The van der Waals surface area contributed by atoms with Crippen molar-refractivity contribution in [1.82, 2.24) is 0 Å². The maximum atomic E-state index is 10.2. The summed E-state index contributed by atoms with van der Waals surface area (Å²) in [5.41, 5.74) is -0.111. The number of hydrogen-bond acceptors (Lipinski definition) is 6. The molecule has 0 heterocycles. The molecule has 0 saturated carbocycles. The van der Waals surface area contributed by atoms with Crippen LogP contribution in [0.1, 0.15) is 20.7 Å². The summed E-state index contributed by atoms with van der Waals surface area (Å²) in [7, 11) is 0. The monoisotopic (exact) mass is 272 g/mol. The molecule has 18 heavy (non-hydrogen) atoms. The molecule has 8 heteroatoms. The van der Waals surface area contributed by atoms with Crippen molar-refractivity contribution in [2.45, 2.75) is 0 Å². The SMILES string of the molecule is O=C([O-])c1ccc(C(=O)[O-])cc1.OCCO.[Na+].[Na+]. The zero-order chi connectivity index (χ0) is 12.6. The van der Waals surface area contributed by atoms with Gasteiger partial charge >= 0.3 is 59.1 Å². The molecule has 0 bridgehead atoms. The van der Waals surface area contributed by atoms with Gasteiger partial charge in [0, 0.05) is 0 Å². The van der Waals surface area contributed by atoms with Crippen LogP contribution in [0.5, 0.6) is 0 Å². The Morgan fingerprint density at radius 2 is 1.06 bits per heavy atom. The molecule has 2 N–H and O–H groups in total. The maximum Gasteiger partial charge on any atom is 1.00 e. The third-order valence-electron chi connectivity index (χ3n) is 1.46. The summed E-state index contributed by atoms with van der Waals surface area (Å²) in [5.74, 6) is -2.67. The largest absolute Gasteiger partial charge is 1.00 e. The second-order valence-corrected chi connectivity index (χ2v) is 2.60. The molecule has 0 saturated heterocycles. The summed E-state index contributed by atoms with van der Waals surface area (Å²) < 4.78 is 0. The van der Waals surface area contributed by atoms with E-state index < -0.39 is 11.9 Å². The van der Waals surface area contributed by atoms with Crippen LogP contribution >= 0.6 is 0 Å². The summed E-state index contributed by atoms with van der Waals surface area (Å²) in [4.78, 5) is 20.4. The molecule has 0 atom stereocenters. The Labute approximate surface area is 148 Å². The molecule has 0 fully saturated rings. The van der Waals surface area contributed by atoms with E-state index in [4.69, 9.17) is 10.2 Å². The molecule has 1 aromatic carbocycles. The number of rotatable bonds is 3. The van der Waals surface area contributed by atoms with Gasteiger partial charge in [-0.25, -0.2) is 0 Å². The smallest absolute Gasteiger partial charge is 0.545 e. The normalized spacial score (nSPS) is 7.89. The van der Waals surface area contributed by atoms with Crippen LogP contribution in [0.2, 0.25) is 0 Å². The quantitative estimate of drug-likeness (QED) is 0.527. The minimum absolute atomic E-state index is 0. The number of aromatic carboxylic acids is 2. The molecule has 0 aromatic heterocycles. The van der Waals surface area contributed by atoms with Crippen molar-refractivity contribution in [2.75, 3.05) is 13.2 Å². The Morgan fingerprint density at radius 1 is 0.833 bits per heavy atom. The van der Waals surface area contributed by atoms with Crippen molar-refractivity contribution in [3.8, 4) is 0 Å². The molecular formula is C10H10Na2O6. The number of aliphatic hydroxyl groups excluding tert-OH is 2. The van der Waals surface area contributed by atoms with Crippen LogP contribution in [-0.2, 0) is 0 Å². The first-order valence-corrected chi connectivity index (χ1v) is 4.27. The molecule has 0 aliphatic carbocycles. The van der Waals surface area contributed by atoms with E-state index in [-0.39, 0.29) is 83.5 Å². The number of aliphatic hydroxyl groups is 2. The first-order chi connectivity index (χ1) is 7.52. The van der Waals surface area contributed by atoms with E-state index in [9.17, 15) is 19.8 Å². The van der Waals surface area contributed by atoms with E-state index >= 15 is 0 Å². The van der Waals surface area contributed by atoms with E-state index in [2.05, 4.69) is 0 Å². The van der Waals surface area contributed by atoms with Crippen LogP contribution in [0.25, 0.3) is 0 Å². The van der Waals surface area contributed by atoms with Gasteiger partial charge in [-0.15, -0.1) is 0 Å². The molecule has 0 spiro atoms. The van der Waals surface area contributed by atoms with Crippen LogP contribution in [0.15, 0.2) is 24.3 Å². The fourth-order valence-corrected chi connectivity index (χ4v) is 0.742. The number of carbonyl (C=O) groups excluding carboxylic acids is 2. The topological polar surface area (TPSA) is 121 Å². The number of carboxylic acids is 2. The first-order valence-electron chi connectivity index (χ1n) is 4.27. The summed E-state index contributed by atoms with van der Waals surface area (Å²) in [6.07, 6.45) is 0. The third kappa shape index (κ3) is 10.0. The van der Waals surface area contributed by atoms with Crippen molar-refractivity contribution in [3.05, 3.63) is 35.4 Å². The Kier molecular flexibility index (Phi) is 17.4. The molecule has 0 radical (unpaired) electrons. The number of hydrogen-bond donors (Lipinski definition) is 2. The van der Waals surface area contributed by atoms with Crippen molar-refractivity contribution in [3.63, 3.8) is 0 Å². The van der Waals surface area contributed by atoms with Crippen LogP contribution in [0.3, 0.4) is 0 Å². The molecule has 6 nitrogen and oxygen atoms in total. The summed E-state index contributed by atoms with van der Waals surface area (Å²) >= 11 is 0. The van der Waals surface area contributed by atoms with Crippen molar-refractivity contribution in [2.24, 2.45) is 0 Å². The van der Waals surface area contributed by atoms with E-state index in [1.165, 1.54) is 0 Å². The van der Waals surface area contributed by atoms with Crippen LogP contribution in [-0.4, -0.2) is 35.4 Å². The Hall–Kier alpha value is 0.0800. The minimum atomic E-state index is -1.33. The van der Waals surface area contributed by atoms with Gasteiger partial charge in [0.1, 0.15) is 0 Å². The van der Waals surface area contributed by atoms with E-state index in [1.54, 1.807) is 0 Å². The molecule has 1 aromatic rings. The van der Waals surface area contributed by atoms with Crippen molar-refractivity contribution >= 4 is 11.9 Å². The average Bonchev–Trinajstić information content (AvgIpc) is 2.29. The van der Waals surface area contributed by atoms with E-state index in [0.29, 0.717) is 0 Å². The molecule has 0 aliphatic rings. The van der Waals surface area contributed by atoms with E-state index in [0.717, 1.165) is 24.3 Å². The first kappa shape index (κ1) is 23.2. The van der Waals surface area contributed by atoms with Crippen LogP contribution in [0, 0.1) is 0 Å². The van der Waals surface area contributed by atoms with Gasteiger partial charge in [0.2, 0.25) is 0 Å². The second kappa shape index (κ2) is 13.5. The molecule has 0 aliphatic heterocycles. The molecule has 0 unspecified atom stereocenters. The summed E-state index contributed by atoms with van der Waals surface area (Å²) in [6, 6.07) is 4.61. The Balaban J connectivity index is -0.000000332. The van der Waals surface area contributed by atoms with Gasteiger partial charge in [-0.3, -0.25) is 0 Å². The standard InChI is InChI=1S/C8H6O4.C2H6O2.2Na/c9-7(10)5-1-2-6(4-3-5)8(11)12;3-1-2-4;;/h1-4H,(H,9,10)(H,11,12);3-4H,1-2H2;;/q;;2*+1/p-2. The predicted octanol–water partition coefficient (Wildman–Crippen LogP) is -8.61. The maximum absolute atomic E-state index is 10.2. The van der Waals surface area contributed by atoms with E-state index in [1.807, 2.05) is 0 Å². The van der Waals surface area contributed by atoms with Gasteiger partial charge in [0.15, 0.2) is 0 Å². The third-order valence-corrected chi connectivity index (χ3v) is 1.46. The van der Waals surface area contributed by atoms with Gasteiger partial charge in [0.25, 0.3) is 0 Å². The fourth-order valence-electron chi connectivity index (χ4n) is 0.742. The van der Waals surface area contributed by atoms with Gasteiger partial charge in [0.05, 0.1) is 25.2 Å². The number of carboxylic acid groups (broad SMARTS) is 2. The summed E-state index contributed by atoms with van der Waals surface area (Å²) in [5, 5.41) is 35.7. The number of benzene rings is 1. The summed E-state index contributed by atoms with van der Waals surface area (Å²) in [6.45, 7) is -0.250. The van der Waals surface area contributed by atoms with Gasteiger partial charge in [-0.1, -0.05) is 24.3 Å². The van der Waals surface area contributed by atoms with Gasteiger partial charge in [-0.2, -0.15) is 0 Å². The van der Waals surface area contributed by atoms with Crippen molar-refractivity contribution < 1.29 is 89.1 Å². The zero-order valence-electron chi connectivity index (χ0n) is 10.3. The molecule has 1 rings (SSSR count). The molecule has 0 amide bonds. The second-order valence-electron chi connectivity index (χ2n) is 2.60. The predicted molar refractivity (Wildman–Crippen MR) is 49.3 cm³/mol. The van der Waals surface area contributed by atoms with Crippen molar-refractivity contribution in [1.29, 1.82) is 0 Å². The Morgan fingerprint density at radius 3 is 1.17 bits per heavy atom. The van der Waals surface area contributed by atoms with Gasteiger partial charge in [-0.05, 0) is 11.1 Å². The molecular weight excluding hydrogens is 262 g/mol. The zero-order valence-corrected chi connectivity index (χ0v) is 14.3. The Bertz CT molecular complexity index is 317. The average molecular weight is 272 g/mol. The number of carbonyl (C=O) groups is 2. The molecule has 88 valence electrons. The van der Waals surface area contributed by atoms with Crippen LogP contribution < -0.4 is 69.3 Å². The van der Waals surface area contributed by atoms with Gasteiger partial charge < -0.3 is 30.0 Å². The minimum Gasteiger partial charge on any atom is -0.545 e.